The molecule has 0 spiro atoms. The highest BCUT2D eigenvalue weighted by atomic mass is 16.5. The molecule has 3 nitrogen and oxygen atoms in total. The molecule has 0 bridgehead atoms. The molecule has 0 saturated carbocycles. The van der Waals surface area contributed by atoms with Crippen LogP contribution in [0.15, 0.2) is 72.8 Å². The Morgan fingerprint density at radius 1 is 0.783 bits per heavy atom. The summed E-state index contributed by atoms with van der Waals surface area (Å²) in [5, 5.41) is 2.02. The molecule has 0 saturated heterocycles. The van der Waals surface area contributed by atoms with Gasteiger partial charge in [-0.2, -0.15) is 0 Å². The molecule has 3 aromatic carbocycles. The second-order valence-corrected chi connectivity index (χ2v) is 5.34. The van der Waals surface area contributed by atoms with E-state index < -0.39 is 12.1 Å². The lowest BCUT2D eigenvalue weighted by atomic mass is 10.1. The molecule has 0 fully saturated rings. The van der Waals surface area contributed by atoms with Gasteiger partial charge in [-0.1, -0.05) is 60.7 Å². The van der Waals surface area contributed by atoms with Crippen LogP contribution in [-0.4, -0.2) is 17.9 Å². The predicted octanol–water partition coefficient (Wildman–Crippen LogP) is 4.27. The third-order valence-corrected chi connectivity index (χ3v) is 3.70. The van der Waals surface area contributed by atoms with Crippen LogP contribution in [-0.2, 0) is 4.74 Å². The summed E-state index contributed by atoms with van der Waals surface area (Å²) < 4.78 is 5.31. The molecular weight excluding hydrogens is 288 g/mol. The molecular formula is C20H16O3. The number of esters is 1. The van der Waals surface area contributed by atoms with Crippen molar-refractivity contribution >= 4 is 22.5 Å². The van der Waals surface area contributed by atoms with Gasteiger partial charge in [-0.05, 0) is 29.8 Å². The van der Waals surface area contributed by atoms with Crippen LogP contribution in [0, 0.1) is 0 Å². The zero-order valence-corrected chi connectivity index (χ0v) is 12.7. The highest BCUT2D eigenvalue weighted by molar-refractivity contribution is 6.02. The fourth-order valence-electron chi connectivity index (χ4n) is 2.44. The Kier molecular flexibility index (Phi) is 4.20. The maximum absolute atomic E-state index is 12.3. The molecule has 3 heteroatoms. The van der Waals surface area contributed by atoms with Crippen LogP contribution in [0.25, 0.3) is 10.8 Å². The standard InChI is InChI=1S/C20H16O3/c1-14(19(21)16-8-3-2-4-9-16)23-20(22)18-12-11-15-7-5-6-10-17(15)13-18/h2-14H,1H3. The third-order valence-electron chi connectivity index (χ3n) is 3.70. The fourth-order valence-corrected chi connectivity index (χ4v) is 2.44. The van der Waals surface area contributed by atoms with Gasteiger partial charge < -0.3 is 4.74 Å². The molecule has 0 aliphatic carbocycles. The lowest BCUT2D eigenvalue weighted by Crippen LogP contribution is -2.24. The summed E-state index contributed by atoms with van der Waals surface area (Å²) >= 11 is 0. The first-order valence-corrected chi connectivity index (χ1v) is 7.44. The van der Waals surface area contributed by atoms with Crippen LogP contribution in [0.2, 0.25) is 0 Å². The largest absolute Gasteiger partial charge is 0.451 e. The molecule has 0 radical (unpaired) electrons. The van der Waals surface area contributed by atoms with Gasteiger partial charge in [0.25, 0.3) is 0 Å². The van der Waals surface area contributed by atoms with Crippen LogP contribution in [0.5, 0.6) is 0 Å². The highest BCUT2D eigenvalue weighted by Gasteiger charge is 2.20. The second-order valence-electron chi connectivity index (χ2n) is 5.34. The second kappa shape index (κ2) is 6.44. The molecule has 1 unspecified atom stereocenters. The maximum Gasteiger partial charge on any atom is 0.338 e. The quantitative estimate of drug-likeness (QED) is 0.534. The van der Waals surface area contributed by atoms with Crippen molar-refractivity contribution in [2.75, 3.05) is 0 Å². The summed E-state index contributed by atoms with van der Waals surface area (Å²) in [5.41, 5.74) is 0.975. The number of hydrogen-bond donors (Lipinski definition) is 0. The van der Waals surface area contributed by atoms with E-state index in [9.17, 15) is 9.59 Å². The van der Waals surface area contributed by atoms with Crippen molar-refractivity contribution < 1.29 is 14.3 Å². The zero-order valence-electron chi connectivity index (χ0n) is 12.7. The van der Waals surface area contributed by atoms with Crippen molar-refractivity contribution in [3.63, 3.8) is 0 Å². The monoisotopic (exact) mass is 304 g/mol. The van der Waals surface area contributed by atoms with Crippen molar-refractivity contribution in [2.24, 2.45) is 0 Å². The first-order valence-electron chi connectivity index (χ1n) is 7.44. The van der Waals surface area contributed by atoms with E-state index in [0.29, 0.717) is 11.1 Å². The van der Waals surface area contributed by atoms with Gasteiger partial charge in [0, 0.05) is 5.56 Å². The minimum Gasteiger partial charge on any atom is -0.451 e. The van der Waals surface area contributed by atoms with E-state index in [1.807, 2.05) is 36.4 Å². The van der Waals surface area contributed by atoms with Gasteiger partial charge in [0.05, 0.1) is 5.56 Å². The Morgan fingerprint density at radius 3 is 2.17 bits per heavy atom. The molecule has 0 aliphatic heterocycles. The van der Waals surface area contributed by atoms with E-state index in [-0.39, 0.29) is 5.78 Å². The van der Waals surface area contributed by atoms with Gasteiger partial charge in [-0.3, -0.25) is 4.79 Å². The normalized spacial score (nSPS) is 11.9. The summed E-state index contributed by atoms with van der Waals surface area (Å²) in [6.07, 6.45) is -0.823. The Bertz CT molecular complexity index is 853. The van der Waals surface area contributed by atoms with Crippen molar-refractivity contribution in [1.29, 1.82) is 0 Å². The van der Waals surface area contributed by atoms with Crippen LogP contribution in [0.1, 0.15) is 27.6 Å². The number of benzene rings is 3. The smallest absolute Gasteiger partial charge is 0.338 e. The number of ether oxygens (including phenoxy) is 1. The Labute approximate surface area is 134 Å². The molecule has 0 amide bonds. The molecule has 3 aromatic rings. The SMILES string of the molecule is CC(OC(=O)c1ccc2ccccc2c1)C(=O)c1ccccc1. The van der Waals surface area contributed by atoms with Crippen LogP contribution in [0.3, 0.4) is 0 Å². The number of rotatable bonds is 4. The minimum atomic E-state index is -0.823. The van der Waals surface area contributed by atoms with Crippen molar-refractivity contribution in [2.45, 2.75) is 13.0 Å². The summed E-state index contributed by atoms with van der Waals surface area (Å²) in [7, 11) is 0. The van der Waals surface area contributed by atoms with Gasteiger partial charge in [0.2, 0.25) is 5.78 Å². The first kappa shape index (κ1) is 15.0. The summed E-state index contributed by atoms with van der Waals surface area (Å²) in [4.78, 5) is 24.5. The van der Waals surface area contributed by atoms with Crippen molar-refractivity contribution in [3.8, 4) is 0 Å². The average molecular weight is 304 g/mol. The molecule has 0 heterocycles. The van der Waals surface area contributed by atoms with Gasteiger partial charge in [-0.25, -0.2) is 4.79 Å². The number of carbonyl (C=O) groups is 2. The topological polar surface area (TPSA) is 43.4 Å². The molecule has 1 atom stereocenters. The fraction of sp³-hybridized carbons (Fsp3) is 0.100. The van der Waals surface area contributed by atoms with Gasteiger partial charge >= 0.3 is 5.97 Å². The highest BCUT2D eigenvalue weighted by Crippen LogP contribution is 2.17. The van der Waals surface area contributed by atoms with Gasteiger partial charge in [0.1, 0.15) is 0 Å². The van der Waals surface area contributed by atoms with E-state index in [4.69, 9.17) is 4.74 Å². The molecule has 0 aliphatic rings. The number of Topliss-reactive ketones (excluding diaryl/α,β-unsaturated/α-hetero) is 1. The molecule has 3 rings (SSSR count). The van der Waals surface area contributed by atoms with E-state index in [0.717, 1.165) is 10.8 Å². The first-order chi connectivity index (χ1) is 11.1. The molecule has 0 aromatic heterocycles. The average Bonchev–Trinajstić information content (AvgIpc) is 2.61. The summed E-state index contributed by atoms with van der Waals surface area (Å²) in [6.45, 7) is 1.59. The van der Waals surface area contributed by atoms with Crippen LogP contribution >= 0.6 is 0 Å². The molecule has 114 valence electrons. The number of fused-ring (bicyclic) bond motifs is 1. The van der Waals surface area contributed by atoms with Crippen molar-refractivity contribution in [1.82, 2.24) is 0 Å². The minimum absolute atomic E-state index is 0.209. The number of hydrogen-bond acceptors (Lipinski definition) is 3. The van der Waals surface area contributed by atoms with Gasteiger partial charge in [-0.15, -0.1) is 0 Å². The van der Waals surface area contributed by atoms with Gasteiger partial charge in [0.15, 0.2) is 6.10 Å². The van der Waals surface area contributed by atoms with E-state index >= 15 is 0 Å². The van der Waals surface area contributed by atoms with Crippen molar-refractivity contribution in [3.05, 3.63) is 83.9 Å². The van der Waals surface area contributed by atoms with E-state index in [2.05, 4.69) is 0 Å². The summed E-state index contributed by atoms with van der Waals surface area (Å²) in [5.74, 6) is -0.702. The van der Waals surface area contributed by atoms with E-state index in [1.165, 1.54) is 0 Å². The lowest BCUT2D eigenvalue weighted by molar-refractivity contribution is 0.0319. The number of carbonyl (C=O) groups excluding carboxylic acids is 2. The summed E-state index contributed by atoms with van der Waals surface area (Å²) in [6, 6.07) is 22.0. The third kappa shape index (κ3) is 3.29. The molecule has 23 heavy (non-hydrogen) atoms. The maximum atomic E-state index is 12.3. The van der Waals surface area contributed by atoms with Crippen LogP contribution in [0.4, 0.5) is 0 Å². The van der Waals surface area contributed by atoms with Crippen LogP contribution < -0.4 is 0 Å². The lowest BCUT2D eigenvalue weighted by Gasteiger charge is -2.12. The Morgan fingerprint density at radius 2 is 1.43 bits per heavy atom. The molecule has 0 N–H and O–H groups in total. The predicted molar refractivity (Wildman–Crippen MR) is 89.6 cm³/mol. The number of ketones is 1. The zero-order chi connectivity index (χ0) is 16.2. The Hall–Kier alpha value is -2.94. The van der Waals surface area contributed by atoms with E-state index in [1.54, 1.807) is 43.3 Å². The Balaban J connectivity index is 1.76.